The van der Waals surface area contributed by atoms with E-state index in [-0.39, 0.29) is 25.1 Å². The maximum absolute atomic E-state index is 13.5. The zero-order chi connectivity index (χ0) is 25.3. The minimum Gasteiger partial charge on any atom is -0.486 e. The van der Waals surface area contributed by atoms with Crippen LogP contribution in [0.1, 0.15) is 34.2 Å². The van der Waals surface area contributed by atoms with Crippen molar-refractivity contribution in [2.45, 2.75) is 50.0 Å². The molecule has 0 aliphatic carbocycles. The topological polar surface area (TPSA) is 84.9 Å². The van der Waals surface area contributed by atoms with Crippen molar-refractivity contribution in [1.82, 2.24) is 0 Å². The van der Waals surface area contributed by atoms with Crippen LogP contribution in [-0.2, 0) is 20.9 Å². The van der Waals surface area contributed by atoms with Crippen molar-refractivity contribution >= 4 is 27.5 Å². The number of ether oxygens (including phenoxy) is 2. The molecule has 1 N–H and O–H groups in total. The molecule has 1 atom stereocenters. The first kappa shape index (κ1) is 25.4. The number of nitrogens with zero attached hydrogens (tertiary/aromatic N) is 1. The number of hydrogen-bond donors (Lipinski definition) is 1. The molecule has 1 heterocycles. The van der Waals surface area contributed by atoms with E-state index >= 15 is 0 Å². The zero-order valence-corrected chi connectivity index (χ0v) is 19.7. The van der Waals surface area contributed by atoms with Crippen LogP contribution in [0.2, 0.25) is 0 Å². The van der Waals surface area contributed by atoms with Crippen LogP contribution in [-0.4, -0.2) is 32.8 Å². The third kappa shape index (κ3) is 5.82. The van der Waals surface area contributed by atoms with E-state index in [1.165, 1.54) is 18.2 Å². The van der Waals surface area contributed by atoms with Crippen molar-refractivity contribution in [3.63, 3.8) is 0 Å². The number of halogens is 3. The highest BCUT2D eigenvalue weighted by Gasteiger charge is 2.37. The number of anilines is 2. The molecule has 0 bridgehead atoms. The number of nitrogens with one attached hydrogen (secondary N) is 1. The molecule has 0 radical (unpaired) electrons. The van der Waals surface area contributed by atoms with E-state index in [1.54, 1.807) is 26.8 Å². The predicted octanol–water partition coefficient (Wildman–Crippen LogP) is 5.83. The summed E-state index contributed by atoms with van der Waals surface area (Å²) in [5, 5.41) is 2.52. The highest BCUT2D eigenvalue weighted by molar-refractivity contribution is 7.92. The maximum Gasteiger partial charge on any atom is 0.416 e. The molecule has 1 amide bonds. The van der Waals surface area contributed by atoms with Gasteiger partial charge in [-0.1, -0.05) is 12.1 Å². The fourth-order valence-corrected chi connectivity index (χ4v) is 4.85. The molecule has 2 aromatic carbocycles. The van der Waals surface area contributed by atoms with Gasteiger partial charge in [0.05, 0.1) is 22.7 Å². The Bertz CT molecular complexity index is 1200. The lowest BCUT2D eigenvalue weighted by atomic mass is 10.1. The third-order valence-electron chi connectivity index (χ3n) is 4.71. The second-order valence-corrected chi connectivity index (χ2v) is 10.5. The quantitative estimate of drug-likeness (QED) is 0.522. The fraction of sp³-hybridized carbons (Fsp3) is 0.348. The Morgan fingerprint density at radius 3 is 2.59 bits per heavy atom. The first-order valence-corrected chi connectivity index (χ1v) is 11.8. The summed E-state index contributed by atoms with van der Waals surface area (Å²) in [5.41, 5.74) is -1.53. The second kappa shape index (κ2) is 9.21. The van der Waals surface area contributed by atoms with Gasteiger partial charge in [-0.25, -0.2) is 13.2 Å². The Kier molecular flexibility index (Phi) is 6.88. The van der Waals surface area contributed by atoms with Crippen LogP contribution < -0.4 is 14.4 Å². The molecule has 1 aliphatic rings. The van der Waals surface area contributed by atoms with Crippen LogP contribution in [0, 0.1) is 0 Å². The first-order chi connectivity index (χ1) is 15.7. The van der Waals surface area contributed by atoms with Gasteiger partial charge in [-0.05, 0) is 57.2 Å². The number of amides is 1. The van der Waals surface area contributed by atoms with E-state index in [4.69, 9.17) is 9.47 Å². The molecule has 0 saturated heterocycles. The summed E-state index contributed by atoms with van der Waals surface area (Å²) in [4.78, 5) is 11.6. The molecule has 0 spiro atoms. The SMILES string of the molecule is C=CC[C@H]1CN(S(=O)(=O)c2cccc(C(F)(F)F)c2)c2cc(NC(=O)OC(C)(C)C)ccc2O1.[HH]. The number of sulfonamides is 1. The van der Waals surface area contributed by atoms with E-state index in [1.807, 2.05) is 0 Å². The van der Waals surface area contributed by atoms with Gasteiger partial charge in [0.2, 0.25) is 0 Å². The van der Waals surface area contributed by atoms with E-state index in [0.29, 0.717) is 12.5 Å². The zero-order valence-electron chi connectivity index (χ0n) is 18.8. The first-order valence-electron chi connectivity index (χ1n) is 10.3. The summed E-state index contributed by atoms with van der Waals surface area (Å²) in [6, 6.07) is 7.89. The Morgan fingerprint density at radius 2 is 1.97 bits per heavy atom. The molecular weight excluding hydrogens is 473 g/mol. The van der Waals surface area contributed by atoms with Crippen molar-refractivity contribution in [3.05, 3.63) is 60.7 Å². The average Bonchev–Trinajstić information content (AvgIpc) is 2.71. The largest absolute Gasteiger partial charge is 0.486 e. The van der Waals surface area contributed by atoms with Crippen LogP contribution in [0.15, 0.2) is 60.0 Å². The normalized spacial score (nSPS) is 16.3. The summed E-state index contributed by atoms with van der Waals surface area (Å²) in [6.07, 6.45) is -4.18. The smallest absolute Gasteiger partial charge is 0.416 e. The van der Waals surface area contributed by atoms with Crippen LogP contribution in [0.25, 0.3) is 0 Å². The van der Waals surface area contributed by atoms with Gasteiger partial charge < -0.3 is 9.47 Å². The molecule has 7 nitrogen and oxygen atoms in total. The number of benzene rings is 2. The van der Waals surface area contributed by atoms with Gasteiger partial charge in [0.15, 0.2) is 0 Å². The van der Waals surface area contributed by atoms with E-state index < -0.39 is 44.5 Å². The Morgan fingerprint density at radius 1 is 1.26 bits per heavy atom. The molecule has 2 aromatic rings. The summed E-state index contributed by atoms with van der Waals surface area (Å²) in [7, 11) is -4.41. The Hall–Kier alpha value is -3.21. The molecule has 186 valence electrons. The Labute approximate surface area is 197 Å². The van der Waals surface area contributed by atoms with Gasteiger partial charge >= 0.3 is 12.3 Å². The molecule has 3 rings (SSSR count). The number of rotatable bonds is 5. The minimum absolute atomic E-state index is 0. The second-order valence-electron chi connectivity index (χ2n) is 8.64. The molecule has 1 aliphatic heterocycles. The molecule has 0 saturated carbocycles. The highest BCUT2D eigenvalue weighted by Crippen LogP contribution is 2.40. The highest BCUT2D eigenvalue weighted by atomic mass is 32.2. The molecule has 0 unspecified atom stereocenters. The van der Waals surface area contributed by atoms with Crippen LogP contribution in [0.5, 0.6) is 5.75 Å². The number of carbonyl (C=O) groups excluding carboxylic acids is 1. The summed E-state index contributed by atoms with van der Waals surface area (Å²) in [6.45, 7) is 8.55. The van der Waals surface area contributed by atoms with Crippen LogP contribution >= 0.6 is 0 Å². The fourth-order valence-electron chi connectivity index (χ4n) is 3.31. The van der Waals surface area contributed by atoms with Crippen LogP contribution in [0.3, 0.4) is 0 Å². The number of hydrogen-bond acceptors (Lipinski definition) is 5. The van der Waals surface area contributed by atoms with E-state index in [2.05, 4.69) is 11.9 Å². The van der Waals surface area contributed by atoms with Crippen molar-refractivity contribution in [2.24, 2.45) is 0 Å². The van der Waals surface area contributed by atoms with Gasteiger partial charge in [0.1, 0.15) is 17.5 Å². The summed E-state index contributed by atoms with van der Waals surface area (Å²) in [5.74, 6) is 0.198. The summed E-state index contributed by atoms with van der Waals surface area (Å²) < 4.78 is 78.6. The molecule has 0 aromatic heterocycles. The van der Waals surface area contributed by atoms with Crippen LogP contribution in [0.4, 0.5) is 29.3 Å². The van der Waals surface area contributed by atoms with Crippen molar-refractivity contribution < 1.29 is 37.3 Å². The predicted molar refractivity (Wildman–Crippen MR) is 124 cm³/mol. The van der Waals surface area contributed by atoms with Gasteiger partial charge in [-0.2, -0.15) is 13.2 Å². The molecule has 0 fully saturated rings. The molecule has 11 heteroatoms. The molecule has 34 heavy (non-hydrogen) atoms. The number of carbonyl (C=O) groups is 1. The van der Waals surface area contributed by atoms with Gasteiger partial charge in [-0.15, -0.1) is 6.58 Å². The lowest BCUT2D eigenvalue weighted by Gasteiger charge is -2.35. The number of fused-ring (bicyclic) bond motifs is 1. The number of alkyl halides is 3. The summed E-state index contributed by atoms with van der Waals surface area (Å²) >= 11 is 0. The lowest BCUT2D eigenvalue weighted by Crippen LogP contribution is -2.43. The lowest BCUT2D eigenvalue weighted by molar-refractivity contribution is -0.137. The van der Waals surface area contributed by atoms with Crippen molar-refractivity contribution in [1.29, 1.82) is 0 Å². The van der Waals surface area contributed by atoms with Crippen molar-refractivity contribution in [3.8, 4) is 5.75 Å². The standard InChI is InChI=1S/C23H25F3N2O5S.H2/c1-5-7-17-14-28(34(30,31)18-9-6-8-15(12-18)23(24,25)26)19-13-16(10-11-20(19)32-17)27-21(29)33-22(2,3)4;/h5-6,8-13,17H,1,7,14H2,2-4H3,(H,27,29);1H/t17-;/m0./s1. The van der Waals surface area contributed by atoms with Gasteiger partial charge in [0.25, 0.3) is 10.0 Å². The third-order valence-corrected chi connectivity index (χ3v) is 6.49. The Balaban J connectivity index is 0.00000432. The van der Waals surface area contributed by atoms with Crippen molar-refractivity contribution in [2.75, 3.05) is 16.2 Å². The van der Waals surface area contributed by atoms with E-state index in [9.17, 15) is 26.4 Å². The van der Waals surface area contributed by atoms with E-state index in [0.717, 1.165) is 22.5 Å². The average molecular weight is 501 g/mol. The monoisotopic (exact) mass is 500 g/mol. The van der Waals surface area contributed by atoms with Gasteiger partial charge in [0, 0.05) is 13.5 Å². The molecular formula is C23H27F3N2O5S. The minimum atomic E-state index is -4.70. The van der Waals surface area contributed by atoms with Gasteiger partial charge in [-0.3, -0.25) is 9.62 Å². The maximum atomic E-state index is 13.5.